The Hall–Kier alpha value is -2.41. The number of benzene rings is 1. The molecule has 0 atom stereocenters. The Morgan fingerprint density at radius 1 is 1.28 bits per heavy atom. The first-order valence-corrected chi connectivity index (χ1v) is 8.48. The number of aryl methyl sites for hydroxylation is 1. The van der Waals surface area contributed by atoms with Crippen molar-refractivity contribution in [3.63, 3.8) is 0 Å². The molecule has 25 heavy (non-hydrogen) atoms. The maximum Gasteiger partial charge on any atom is 0.194 e. The second kappa shape index (κ2) is 8.11. The standard InChI is InChI=1S/C18H24FN5O/c1-14-11-15(3-4-17(14)19)12-21-18(20-2)24-8-6-23(7-9-24)13-16-5-10-25-22-16/h3-5,10-11H,6-9,12-13H2,1-2H3,(H,20,21). The predicted octanol–water partition coefficient (Wildman–Crippen LogP) is 2.02. The zero-order valence-electron chi connectivity index (χ0n) is 14.7. The van der Waals surface area contributed by atoms with Gasteiger partial charge >= 0.3 is 0 Å². The minimum atomic E-state index is -0.170. The Balaban J connectivity index is 1.49. The average Bonchev–Trinajstić information content (AvgIpc) is 3.13. The van der Waals surface area contributed by atoms with Crippen LogP contribution >= 0.6 is 0 Å². The molecule has 1 aromatic heterocycles. The Labute approximate surface area is 147 Å². The number of guanidine groups is 1. The van der Waals surface area contributed by atoms with Gasteiger partial charge in [-0.3, -0.25) is 9.89 Å². The van der Waals surface area contributed by atoms with Crippen molar-refractivity contribution in [2.24, 2.45) is 4.99 Å². The maximum atomic E-state index is 13.4. The molecule has 1 saturated heterocycles. The van der Waals surface area contributed by atoms with Crippen LogP contribution in [-0.2, 0) is 13.1 Å². The number of nitrogens with one attached hydrogen (secondary N) is 1. The quantitative estimate of drug-likeness (QED) is 0.679. The summed E-state index contributed by atoms with van der Waals surface area (Å²) < 4.78 is 18.2. The van der Waals surface area contributed by atoms with Crippen LogP contribution in [0.25, 0.3) is 0 Å². The van der Waals surface area contributed by atoms with Crippen molar-refractivity contribution in [1.82, 2.24) is 20.3 Å². The predicted molar refractivity (Wildman–Crippen MR) is 94.7 cm³/mol. The lowest BCUT2D eigenvalue weighted by atomic mass is 10.1. The molecule has 0 saturated carbocycles. The smallest absolute Gasteiger partial charge is 0.194 e. The largest absolute Gasteiger partial charge is 0.364 e. The molecule has 3 rings (SSSR count). The average molecular weight is 345 g/mol. The Morgan fingerprint density at radius 2 is 2.08 bits per heavy atom. The normalized spacial score (nSPS) is 16.3. The molecule has 1 aromatic carbocycles. The van der Waals surface area contributed by atoms with Gasteiger partial charge in [0.05, 0.1) is 5.69 Å². The van der Waals surface area contributed by atoms with Crippen molar-refractivity contribution in [3.05, 3.63) is 53.2 Å². The van der Waals surface area contributed by atoms with Crippen molar-refractivity contribution in [2.75, 3.05) is 33.2 Å². The van der Waals surface area contributed by atoms with Gasteiger partial charge in [-0.1, -0.05) is 17.3 Å². The lowest BCUT2D eigenvalue weighted by Crippen LogP contribution is -2.52. The summed E-state index contributed by atoms with van der Waals surface area (Å²) >= 11 is 0. The van der Waals surface area contributed by atoms with Gasteiger partial charge in [-0.25, -0.2) is 4.39 Å². The van der Waals surface area contributed by atoms with Crippen LogP contribution in [0.3, 0.4) is 0 Å². The van der Waals surface area contributed by atoms with Crippen molar-refractivity contribution >= 4 is 5.96 Å². The van der Waals surface area contributed by atoms with Crippen LogP contribution in [0.5, 0.6) is 0 Å². The van der Waals surface area contributed by atoms with Gasteiger partial charge in [-0.05, 0) is 24.1 Å². The number of aromatic nitrogens is 1. The highest BCUT2D eigenvalue weighted by molar-refractivity contribution is 5.80. The van der Waals surface area contributed by atoms with Gasteiger partial charge in [-0.2, -0.15) is 0 Å². The zero-order chi connectivity index (χ0) is 17.6. The van der Waals surface area contributed by atoms with Crippen molar-refractivity contribution in [2.45, 2.75) is 20.0 Å². The van der Waals surface area contributed by atoms with Gasteiger partial charge in [0.25, 0.3) is 0 Å². The highest BCUT2D eigenvalue weighted by Gasteiger charge is 2.20. The van der Waals surface area contributed by atoms with Crippen LogP contribution in [0.4, 0.5) is 4.39 Å². The minimum absolute atomic E-state index is 0.170. The molecule has 1 N–H and O–H groups in total. The number of piperazine rings is 1. The molecular formula is C18H24FN5O. The number of hydrogen-bond donors (Lipinski definition) is 1. The maximum absolute atomic E-state index is 13.4. The van der Waals surface area contributed by atoms with Crippen molar-refractivity contribution < 1.29 is 8.91 Å². The number of nitrogens with zero attached hydrogens (tertiary/aromatic N) is 4. The summed E-state index contributed by atoms with van der Waals surface area (Å²) in [6.07, 6.45) is 1.61. The van der Waals surface area contributed by atoms with E-state index in [-0.39, 0.29) is 5.82 Å². The van der Waals surface area contributed by atoms with Crippen LogP contribution in [0.15, 0.2) is 40.0 Å². The SMILES string of the molecule is CN=C(NCc1ccc(F)c(C)c1)N1CCN(Cc2ccon2)CC1. The van der Waals surface area contributed by atoms with E-state index in [1.807, 2.05) is 12.1 Å². The molecule has 6 nitrogen and oxygen atoms in total. The molecule has 1 aliphatic heterocycles. The summed E-state index contributed by atoms with van der Waals surface area (Å²) in [5, 5.41) is 7.33. The van der Waals surface area contributed by atoms with Gasteiger partial charge in [0.1, 0.15) is 12.1 Å². The second-order valence-electron chi connectivity index (χ2n) is 6.24. The van der Waals surface area contributed by atoms with E-state index >= 15 is 0 Å². The first-order chi connectivity index (χ1) is 12.2. The number of halogens is 1. The van der Waals surface area contributed by atoms with Gasteiger partial charge in [0.15, 0.2) is 5.96 Å². The van der Waals surface area contributed by atoms with Gasteiger partial charge in [-0.15, -0.1) is 0 Å². The van der Waals surface area contributed by atoms with E-state index in [1.165, 1.54) is 6.07 Å². The van der Waals surface area contributed by atoms with Gasteiger partial charge in [0.2, 0.25) is 0 Å². The second-order valence-corrected chi connectivity index (χ2v) is 6.24. The molecule has 0 radical (unpaired) electrons. The Kier molecular flexibility index (Phi) is 5.65. The summed E-state index contributed by atoms with van der Waals surface area (Å²) in [5.74, 6) is 0.708. The van der Waals surface area contributed by atoms with E-state index in [1.54, 1.807) is 26.3 Å². The molecule has 1 fully saturated rings. The van der Waals surface area contributed by atoms with Crippen LogP contribution in [0.1, 0.15) is 16.8 Å². The summed E-state index contributed by atoms with van der Waals surface area (Å²) in [6.45, 7) is 6.92. The summed E-state index contributed by atoms with van der Waals surface area (Å²) in [6, 6.07) is 7.08. The molecule has 0 aliphatic carbocycles. The molecular weight excluding hydrogens is 321 g/mol. The molecule has 1 aliphatic rings. The van der Waals surface area contributed by atoms with E-state index in [0.29, 0.717) is 12.1 Å². The lowest BCUT2D eigenvalue weighted by Gasteiger charge is -2.36. The fourth-order valence-electron chi connectivity index (χ4n) is 3.00. The van der Waals surface area contributed by atoms with E-state index in [4.69, 9.17) is 4.52 Å². The van der Waals surface area contributed by atoms with Crippen LogP contribution in [0.2, 0.25) is 0 Å². The molecule has 7 heteroatoms. The van der Waals surface area contributed by atoms with E-state index < -0.39 is 0 Å². The zero-order valence-corrected chi connectivity index (χ0v) is 14.7. The van der Waals surface area contributed by atoms with Crippen LogP contribution < -0.4 is 5.32 Å². The first-order valence-electron chi connectivity index (χ1n) is 8.48. The summed E-state index contributed by atoms with van der Waals surface area (Å²) in [5.41, 5.74) is 2.67. The third kappa shape index (κ3) is 4.57. The number of hydrogen-bond acceptors (Lipinski definition) is 4. The van der Waals surface area contributed by atoms with Gasteiger partial charge in [0, 0.05) is 52.4 Å². The molecule has 0 unspecified atom stereocenters. The Morgan fingerprint density at radius 3 is 2.72 bits per heavy atom. The van der Waals surface area contributed by atoms with Crippen LogP contribution in [-0.4, -0.2) is 54.1 Å². The number of rotatable bonds is 4. The Bertz CT molecular complexity index is 708. The third-order valence-corrected chi connectivity index (χ3v) is 4.43. The number of aliphatic imine (C=N–C) groups is 1. The molecule has 0 spiro atoms. The highest BCUT2D eigenvalue weighted by atomic mass is 19.1. The lowest BCUT2D eigenvalue weighted by molar-refractivity contribution is 0.169. The fraction of sp³-hybridized carbons (Fsp3) is 0.444. The molecule has 0 amide bonds. The highest BCUT2D eigenvalue weighted by Crippen LogP contribution is 2.10. The van der Waals surface area contributed by atoms with E-state index in [9.17, 15) is 4.39 Å². The first kappa shape index (κ1) is 17.4. The third-order valence-electron chi connectivity index (χ3n) is 4.43. The van der Waals surface area contributed by atoms with Crippen molar-refractivity contribution in [3.8, 4) is 0 Å². The summed E-state index contributed by atoms with van der Waals surface area (Å²) in [4.78, 5) is 8.98. The molecule has 2 aromatic rings. The molecule has 0 bridgehead atoms. The van der Waals surface area contributed by atoms with E-state index in [0.717, 1.165) is 49.9 Å². The van der Waals surface area contributed by atoms with E-state index in [2.05, 4.69) is 25.3 Å². The monoisotopic (exact) mass is 345 g/mol. The molecule has 134 valence electrons. The fourth-order valence-corrected chi connectivity index (χ4v) is 3.00. The summed E-state index contributed by atoms with van der Waals surface area (Å²) in [7, 11) is 1.79. The topological polar surface area (TPSA) is 56.9 Å². The molecule has 2 heterocycles. The minimum Gasteiger partial charge on any atom is -0.364 e. The van der Waals surface area contributed by atoms with Crippen LogP contribution in [0, 0.1) is 12.7 Å². The van der Waals surface area contributed by atoms with Gasteiger partial charge < -0.3 is 14.7 Å². The van der Waals surface area contributed by atoms with Crippen molar-refractivity contribution in [1.29, 1.82) is 0 Å².